The Bertz CT molecular complexity index is 798. The van der Waals surface area contributed by atoms with Gasteiger partial charge in [-0.1, -0.05) is 24.3 Å². The molecule has 21 heavy (non-hydrogen) atoms. The van der Waals surface area contributed by atoms with Crippen LogP contribution in [0, 0.1) is 19.3 Å². The number of rotatable bonds is 4. The average molecular weight is 303 g/mol. The second-order valence-corrected chi connectivity index (χ2v) is 6.52. The third kappa shape index (κ3) is 3.22. The molecule has 0 bridgehead atoms. The van der Waals surface area contributed by atoms with Crippen molar-refractivity contribution >= 4 is 21.5 Å². The Hall–Kier alpha value is -2.34. The maximum Gasteiger partial charge on any atom is 0.261 e. The Kier molecular flexibility index (Phi) is 3.99. The Morgan fingerprint density at radius 2 is 1.81 bits per heavy atom. The third-order valence-corrected chi connectivity index (χ3v) is 4.45. The summed E-state index contributed by atoms with van der Waals surface area (Å²) in [6.45, 7) is 3.61. The van der Waals surface area contributed by atoms with Crippen molar-refractivity contribution in [2.24, 2.45) is 5.73 Å². The Morgan fingerprint density at radius 3 is 2.43 bits per heavy atom. The molecule has 2 aromatic rings. The number of nitrogens with one attached hydrogen (secondary N) is 2. The number of amidine groups is 1. The van der Waals surface area contributed by atoms with Gasteiger partial charge in [0, 0.05) is 5.56 Å². The van der Waals surface area contributed by atoms with Crippen LogP contribution in [-0.4, -0.2) is 14.3 Å². The summed E-state index contributed by atoms with van der Waals surface area (Å²) in [6, 6.07) is 11.7. The summed E-state index contributed by atoms with van der Waals surface area (Å²) in [4.78, 5) is 0.179. The van der Waals surface area contributed by atoms with Crippen LogP contribution < -0.4 is 10.5 Å². The molecule has 0 fully saturated rings. The highest BCUT2D eigenvalue weighted by molar-refractivity contribution is 7.92. The molecule has 0 aliphatic rings. The fourth-order valence-corrected chi connectivity index (χ4v) is 3.27. The number of hydrogen-bond donors (Lipinski definition) is 3. The molecule has 0 spiro atoms. The third-order valence-electron chi connectivity index (χ3n) is 3.09. The number of aryl methyl sites for hydroxylation is 2. The molecule has 2 rings (SSSR count). The van der Waals surface area contributed by atoms with Crippen LogP contribution in [0.4, 0.5) is 5.69 Å². The van der Waals surface area contributed by atoms with Gasteiger partial charge < -0.3 is 5.73 Å². The van der Waals surface area contributed by atoms with Crippen molar-refractivity contribution in [1.29, 1.82) is 5.41 Å². The fraction of sp³-hybridized carbons (Fsp3) is 0.133. The van der Waals surface area contributed by atoms with Crippen LogP contribution in [0.1, 0.15) is 16.7 Å². The quantitative estimate of drug-likeness (QED) is 0.597. The van der Waals surface area contributed by atoms with E-state index < -0.39 is 10.0 Å². The predicted molar refractivity (Wildman–Crippen MR) is 84.2 cm³/mol. The van der Waals surface area contributed by atoms with E-state index in [1.165, 1.54) is 6.07 Å². The number of anilines is 1. The molecule has 0 saturated heterocycles. The van der Waals surface area contributed by atoms with Gasteiger partial charge >= 0.3 is 0 Å². The second-order valence-electron chi connectivity index (χ2n) is 4.83. The minimum Gasteiger partial charge on any atom is -0.384 e. The van der Waals surface area contributed by atoms with E-state index in [1.54, 1.807) is 37.3 Å². The number of nitrogens with two attached hydrogens (primary N) is 1. The molecule has 0 atom stereocenters. The van der Waals surface area contributed by atoms with Crippen LogP contribution in [0.15, 0.2) is 47.4 Å². The summed E-state index contributed by atoms with van der Waals surface area (Å²) >= 11 is 0. The standard InChI is InChI=1S/C15H17N3O2S/c1-10-5-3-7-12(9-10)21(19,20)18-13-8-4-6-11(2)14(13)15(16)17/h3-9,18H,1-2H3,(H3,16,17). The number of sulfonamides is 1. The number of nitrogen functional groups attached to an aromatic ring is 1. The van der Waals surface area contributed by atoms with Crippen LogP contribution >= 0.6 is 0 Å². The Labute approximate surface area is 124 Å². The molecule has 0 amide bonds. The molecule has 2 aromatic carbocycles. The van der Waals surface area contributed by atoms with E-state index in [0.717, 1.165) is 11.1 Å². The van der Waals surface area contributed by atoms with Gasteiger partial charge in [0.1, 0.15) is 5.84 Å². The molecule has 0 heterocycles. The van der Waals surface area contributed by atoms with Gasteiger partial charge in [-0.3, -0.25) is 10.1 Å². The lowest BCUT2D eigenvalue weighted by atomic mass is 10.1. The number of benzene rings is 2. The SMILES string of the molecule is Cc1cccc(S(=O)(=O)Nc2cccc(C)c2C(=N)N)c1. The molecule has 0 aliphatic carbocycles. The van der Waals surface area contributed by atoms with Crippen LogP contribution in [0.3, 0.4) is 0 Å². The lowest BCUT2D eigenvalue weighted by molar-refractivity contribution is 0.601. The monoisotopic (exact) mass is 303 g/mol. The van der Waals surface area contributed by atoms with Gasteiger partial charge in [-0.05, 0) is 43.2 Å². The van der Waals surface area contributed by atoms with Crippen molar-refractivity contribution in [2.75, 3.05) is 4.72 Å². The zero-order valence-corrected chi connectivity index (χ0v) is 12.7. The topological polar surface area (TPSA) is 96.0 Å². The van der Waals surface area contributed by atoms with Crippen molar-refractivity contribution in [3.63, 3.8) is 0 Å². The summed E-state index contributed by atoms with van der Waals surface area (Å²) in [5.41, 5.74) is 7.85. The van der Waals surface area contributed by atoms with Gasteiger partial charge in [0.2, 0.25) is 0 Å². The van der Waals surface area contributed by atoms with E-state index in [4.69, 9.17) is 11.1 Å². The highest BCUT2D eigenvalue weighted by Crippen LogP contribution is 2.23. The summed E-state index contributed by atoms with van der Waals surface area (Å²) in [7, 11) is -3.71. The number of hydrogen-bond acceptors (Lipinski definition) is 3. The summed E-state index contributed by atoms with van der Waals surface area (Å²) in [6.07, 6.45) is 0. The predicted octanol–water partition coefficient (Wildman–Crippen LogP) is 2.39. The normalized spacial score (nSPS) is 11.1. The smallest absolute Gasteiger partial charge is 0.261 e. The van der Waals surface area contributed by atoms with E-state index in [1.807, 2.05) is 13.0 Å². The molecule has 0 unspecified atom stereocenters. The molecule has 6 heteroatoms. The Balaban J connectivity index is 2.47. The fourth-order valence-electron chi connectivity index (χ4n) is 2.10. The van der Waals surface area contributed by atoms with Crippen LogP contribution in [0.25, 0.3) is 0 Å². The Morgan fingerprint density at radius 1 is 1.14 bits per heavy atom. The van der Waals surface area contributed by atoms with Crippen molar-refractivity contribution in [1.82, 2.24) is 0 Å². The second kappa shape index (κ2) is 5.57. The van der Waals surface area contributed by atoms with E-state index >= 15 is 0 Å². The molecular formula is C15H17N3O2S. The van der Waals surface area contributed by atoms with Gasteiger partial charge in [-0.25, -0.2) is 8.42 Å². The molecule has 4 N–H and O–H groups in total. The first-order valence-corrected chi connectivity index (χ1v) is 7.83. The molecule has 0 radical (unpaired) electrons. The highest BCUT2D eigenvalue weighted by Gasteiger charge is 2.17. The first-order valence-electron chi connectivity index (χ1n) is 6.35. The zero-order chi connectivity index (χ0) is 15.6. The first kappa shape index (κ1) is 15.1. The zero-order valence-electron chi connectivity index (χ0n) is 11.8. The largest absolute Gasteiger partial charge is 0.384 e. The minimum absolute atomic E-state index is 0.171. The van der Waals surface area contributed by atoms with Gasteiger partial charge in [0.15, 0.2) is 0 Å². The van der Waals surface area contributed by atoms with Gasteiger partial charge in [0.05, 0.1) is 10.6 Å². The lowest BCUT2D eigenvalue weighted by Gasteiger charge is -2.14. The van der Waals surface area contributed by atoms with Gasteiger partial charge in [-0.2, -0.15) is 0 Å². The van der Waals surface area contributed by atoms with Crippen molar-refractivity contribution in [3.8, 4) is 0 Å². The molecule has 0 aromatic heterocycles. The van der Waals surface area contributed by atoms with Gasteiger partial charge in [-0.15, -0.1) is 0 Å². The molecule has 110 valence electrons. The maximum absolute atomic E-state index is 12.4. The van der Waals surface area contributed by atoms with Crippen molar-refractivity contribution < 1.29 is 8.42 Å². The van der Waals surface area contributed by atoms with Crippen LogP contribution in [-0.2, 0) is 10.0 Å². The molecule has 0 aliphatic heterocycles. The van der Waals surface area contributed by atoms with Crippen molar-refractivity contribution in [3.05, 3.63) is 59.2 Å². The lowest BCUT2D eigenvalue weighted by Crippen LogP contribution is -2.19. The summed E-state index contributed by atoms with van der Waals surface area (Å²) in [5, 5.41) is 7.61. The summed E-state index contributed by atoms with van der Waals surface area (Å²) < 4.78 is 27.3. The molecule has 5 nitrogen and oxygen atoms in total. The van der Waals surface area contributed by atoms with Crippen LogP contribution in [0.2, 0.25) is 0 Å². The maximum atomic E-state index is 12.4. The minimum atomic E-state index is -3.71. The van der Waals surface area contributed by atoms with E-state index in [0.29, 0.717) is 11.3 Å². The van der Waals surface area contributed by atoms with Crippen molar-refractivity contribution in [2.45, 2.75) is 18.7 Å². The average Bonchev–Trinajstić information content (AvgIpc) is 2.37. The van der Waals surface area contributed by atoms with Gasteiger partial charge in [0.25, 0.3) is 10.0 Å². The van der Waals surface area contributed by atoms with E-state index in [9.17, 15) is 8.42 Å². The molecular weight excluding hydrogens is 286 g/mol. The van der Waals surface area contributed by atoms with E-state index in [2.05, 4.69) is 4.72 Å². The van der Waals surface area contributed by atoms with E-state index in [-0.39, 0.29) is 10.7 Å². The summed E-state index contributed by atoms with van der Waals surface area (Å²) in [5.74, 6) is -0.171. The highest BCUT2D eigenvalue weighted by atomic mass is 32.2. The first-order chi connectivity index (χ1) is 9.81. The molecule has 0 saturated carbocycles. The van der Waals surface area contributed by atoms with Crippen LogP contribution in [0.5, 0.6) is 0 Å².